The van der Waals surface area contributed by atoms with Crippen LogP contribution in [-0.4, -0.2) is 34.6 Å². The molecule has 1 aliphatic carbocycles. The molecule has 0 saturated heterocycles. The Hall–Kier alpha value is -3.68. The summed E-state index contributed by atoms with van der Waals surface area (Å²) in [6.07, 6.45) is 2.34. The van der Waals surface area contributed by atoms with Crippen LogP contribution in [0.25, 0.3) is 10.9 Å². The minimum atomic E-state index is -0.404. The van der Waals surface area contributed by atoms with E-state index in [1.54, 1.807) is 41.9 Å². The van der Waals surface area contributed by atoms with E-state index in [1.807, 2.05) is 32.0 Å². The van der Waals surface area contributed by atoms with Crippen molar-refractivity contribution in [3.63, 3.8) is 0 Å². The fourth-order valence-corrected chi connectivity index (χ4v) is 3.67. The Morgan fingerprint density at radius 3 is 2.52 bits per heavy atom. The molecule has 1 aliphatic rings. The first-order valence-electron chi connectivity index (χ1n) is 11.2. The van der Waals surface area contributed by atoms with Gasteiger partial charge in [-0.05, 0) is 63.1 Å². The number of carbonyl (C=O) groups is 2. The number of aromatic nitrogens is 2. The van der Waals surface area contributed by atoms with E-state index in [-0.39, 0.29) is 30.1 Å². The van der Waals surface area contributed by atoms with Crippen molar-refractivity contribution in [3.8, 4) is 5.75 Å². The highest BCUT2D eigenvalue weighted by atomic mass is 16.5. The molecule has 1 saturated carbocycles. The van der Waals surface area contributed by atoms with Gasteiger partial charge in [-0.15, -0.1) is 0 Å². The quantitative estimate of drug-likeness (QED) is 0.438. The molecule has 0 unspecified atom stereocenters. The molecule has 1 N–H and O–H groups in total. The number of ether oxygens (including phenoxy) is 1. The highest BCUT2D eigenvalue weighted by Crippen LogP contribution is 2.35. The minimum absolute atomic E-state index is 0.0357. The number of rotatable bonds is 7. The maximum absolute atomic E-state index is 12.9. The van der Waals surface area contributed by atoms with Crippen LogP contribution in [0.3, 0.4) is 0 Å². The Kier molecular flexibility index (Phi) is 6.44. The van der Waals surface area contributed by atoms with E-state index in [1.165, 1.54) is 4.90 Å². The second-order valence-electron chi connectivity index (χ2n) is 8.58. The number of fused-ring (bicyclic) bond motifs is 1. The van der Waals surface area contributed by atoms with Crippen molar-refractivity contribution >= 4 is 28.6 Å². The van der Waals surface area contributed by atoms with Crippen molar-refractivity contribution in [1.82, 2.24) is 14.9 Å². The first kappa shape index (κ1) is 22.5. The summed E-state index contributed by atoms with van der Waals surface area (Å²) in [6, 6.07) is 14.0. The number of anilines is 1. The topological polar surface area (TPSA) is 93.5 Å². The molecule has 172 valence electrons. The van der Waals surface area contributed by atoms with Crippen LogP contribution in [0, 0.1) is 0 Å². The van der Waals surface area contributed by atoms with Crippen molar-refractivity contribution in [2.75, 3.05) is 11.9 Å². The number of esters is 1. The summed E-state index contributed by atoms with van der Waals surface area (Å²) in [5.41, 5.74) is 1.28. The van der Waals surface area contributed by atoms with Gasteiger partial charge in [0.2, 0.25) is 0 Å². The summed E-state index contributed by atoms with van der Waals surface area (Å²) in [5, 5.41) is 3.42. The van der Waals surface area contributed by atoms with E-state index >= 15 is 0 Å². The minimum Gasteiger partial charge on any atom is -0.427 e. The third-order valence-corrected chi connectivity index (χ3v) is 5.52. The Labute approximate surface area is 192 Å². The number of para-hydroxylation sites is 1. The maximum Gasteiger partial charge on any atom is 0.321 e. The van der Waals surface area contributed by atoms with Gasteiger partial charge in [0, 0.05) is 31.2 Å². The molecule has 8 heteroatoms. The normalized spacial score (nSPS) is 13.2. The van der Waals surface area contributed by atoms with E-state index in [0.717, 1.165) is 12.8 Å². The third kappa shape index (κ3) is 5.22. The van der Waals surface area contributed by atoms with Crippen LogP contribution < -0.4 is 20.5 Å². The number of urea groups is 1. The monoisotopic (exact) mass is 448 g/mol. The van der Waals surface area contributed by atoms with Crippen LogP contribution in [0.4, 0.5) is 10.5 Å². The lowest BCUT2D eigenvalue weighted by Gasteiger charge is -2.20. The smallest absolute Gasteiger partial charge is 0.321 e. The van der Waals surface area contributed by atoms with Gasteiger partial charge in [-0.3, -0.25) is 19.1 Å². The highest BCUT2D eigenvalue weighted by molar-refractivity contribution is 5.91. The molecule has 3 aromatic rings. The molecule has 1 fully saturated rings. The second-order valence-corrected chi connectivity index (χ2v) is 8.58. The average Bonchev–Trinajstić information content (AvgIpc) is 3.62. The van der Waals surface area contributed by atoms with Crippen molar-refractivity contribution in [3.05, 3.63) is 64.7 Å². The van der Waals surface area contributed by atoms with E-state index in [2.05, 4.69) is 10.3 Å². The first-order valence-corrected chi connectivity index (χ1v) is 11.2. The fraction of sp³-hybridized carbons (Fsp3) is 0.360. The van der Waals surface area contributed by atoms with Gasteiger partial charge < -0.3 is 10.1 Å². The van der Waals surface area contributed by atoms with Crippen molar-refractivity contribution in [2.45, 2.75) is 51.6 Å². The van der Waals surface area contributed by atoms with E-state index in [9.17, 15) is 14.4 Å². The second kappa shape index (κ2) is 9.44. The van der Waals surface area contributed by atoms with E-state index < -0.39 is 5.97 Å². The summed E-state index contributed by atoms with van der Waals surface area (Å²) in [5.74, 6) is 0.608. The molecule has 4 rings (SSSR count). The lowest BCUT2D eigenvalue weighted by molar-refractivity contribution is -0.134. The Morgan fingerprint density at radius 2 is 1.85 bits per heavy atom. The molecule has 2 aromatic carbocycles. The largest absolute Gasteiger partial charge is 0.427 e. The fourth-order valence-electron chi connectivity index (χ4n) is 3.67. The average molecular weight is 449 g/mol. The molecule has 0 atom stereocenters. The van der Waals surface area contributed by atoms with Gasteiger partial charge in [0.15, 0.2) is 0 Å². The number of carbonyl (C=O) groups excluding carboxylic acids is 2. The summed E-state index contributed by atoms with van der Waals surface area (Å²) in [6.45, 7) is 3.79. The number of hydrogen-bond acceptors (Lipinski definition) is 5. The number of aryl methyl sites for hydroxylation is 1. The van der Waals surface area contributed by atoms with Crippen molar-refractivity contribution < 1.29 is 14.3 Å². The van der Waals surface area contributed by atoms with Gasteiger partial charge in [-0.2, -0.15) is 0 Å². The molecule has 2 amide bonds. The lowest BCUT2D eigenvalue weighted by Crippen LogP contribution is -2.40. The number of nitrogens with one attached hydrogen (secondary N) is 1. The Morgan fingerprint density at radius 1 is 1.15 bits per heavy atom. The predicted molar refractivity (Wildman–Crippen MR) is 127 cm³/mol. The van der Waals surface area contributed by atoms with Crippen LogP contribution >= 0.6 is 0 Å². The Balaban J connectivity index is 1.41. The lowest BCUT2D eigenvalue weighted by atomic mass is 10.2. The summed E-state index contributed by atoms with van der Waals surface area (Å²) in [4.78, 5) is 43.7. The predicted octanol–water partition coefficient (Wildman–Crippen LogP) is 3.82. The highest BCUT2D eigenvalue weighted by Gasteiger charge is 2.28. The number of nitrogens with zero attached hydrogens (tertiary/aromatic N) is 3. The molecular weight excluding hydrogens is 420 g/mol. The zero-order chi connectivity index (χ0) is 23.5. The first-order chi connectivity index (χ1) is 15.8. The van der Waals surface area contributed by atoms with Gasteiger partial charge in [0.05, 0.1) is 17.3 Å². The third-order valence-electron chi connectivity index (χ3n) is 5.52. The molecular formula is C25H28N4O4. The molecule has 1 aromatic heterocycles. The zero-order valence-corrected chi connectivity index (χ0v) is 19.1. The molecule has 8 nitrogen and oxygen atoms in total. The van der Waals surface area contributed by atoms with Crippen LogP contribution in [0.15, 0.2) is 53.3 Å². The maximum atomic E-state index is 12.9. The van der Waals surface area contributed by atoms with Crippen LogP contribution in [0.5, 0.6) is 5.75 Å². The standard InChI is InChI=1S/C25H28N4O4/c1-16(2)26-25(32)28(3)17-10-12-19(13-11-17)33-23(30)15-14-22-27-21-7-5-4-6-20(21)24(31)29(22)18-8-9-18/h4-7,10-13,16,18H,8-9,14-15H2,1-3H3,(H,26,32). The molecule has 1 heterocycles. The molecule has 0 bridgehead atoms. The SMILES string of the molecule is CC(C)NC(=O)N(C)c1ccc(OC(=O)CCc2nc3ccccc3c(=O)n2C2CC2)cc1. The van der Waals surface area contributed by atoms with Crippen molar-refractivity contribution in [1.29, 1.82) is 0 Å². The van der Waals surface area contributed by atoms with Gasteiger partial charge in [0.1, 0.15) is 11.6 Å². The summed E-state index contributed by atoms with van der Waals surface area (Å²) in [7, 11) is 1.68. The van der Waals surface area contributed by atoms with Gasteiger partial charge in [-0.1, -0.05) is 12.1 Å². The van der Waals surface area contributed by atoms with E-state index in [4.69, 9.17) is 4.74 Å². The van der Waals surface area contributed by atoms with Gasteiger partial charge >= 0.3 is 12.0 Å². The summed E-state index contributed by atoms with van der Waals surface area (Å²) < 4.78 is 7.19. The number of hydrogen-bond donors (Lipinski definition) is 1. The zero-order valence-electron chi connectivity index (χ0n) is 19.1. The molecule has 0 aliphatic heterocycles. The van der Waals surface area contributed by atoms with Crippen LogP contribution in [0.1, 0.15) is 45.0 Å². The van der Waals surface area contributed by atoms with Crippen molar-refractivity contribution in [2.24, 2.45) is 0 Å². The van der Waals surface area contributed by atoms with Gasteiger partial charge in [-0.25, -0.2) is 9.78 Å². The molecule has 33 heavy (non-hydrogen) atoms. The van der Waals surface area contributed by atoms with E-state index in [0.29, 0.717) is 34.6 Å². The number of benzene rings is 2. The molecule has 0 radical (unpaired) electrons. The molecule has 0 spiro atoms. The van der Waals surface area contributed by atoms with Crippen LogP contribution in [-0.2, 0) is 11.2 Å². The summed E-state index contributed by atoms with van der Waals surface area (Å²) >= 11 is 0. The van der Waals surface area contributed by atoms with Gasteiger partial charge in [0.25, 0.3) is 5.56 Å². The number of amides is 2. The Bertz CT molecular complexity index is 1230. The van der Waals surface area contributed by atoms with Crippen LogP contribution in [0.2, 0.25) is 0 Å².